The Labute approximate surface area is 180 Å². The first-order chi connectivity index (χ1) is 14.9. The zero-order valence-electron chi connectivity index (χ0n) is 17.3. The zero-order chi connectivity index (χ0) is 22.2. The van der Waals surface area contributed by atoms with Crippen LogP contribution in [0.1, 0.15) is 34.8 Å². The third-order valence-electron chi connectivity index (χ3n) is 4.17. The topological polar surface area (TPSA) is 112 Å². The van der Waals surface area contributed by atoms with Crippen LogP contribution >= 0.6 is 0 Å². The molecule has 1 aromatic heterocycles. The molecule has 1 heterocycles. The van der Waals surface area contributed by atoms with E-state index in [9.17, 15) is 14.4 Å². The van der Waals surface area contributed by atoms with Gasteiger partial charge in [-0.15, -0.1) is 0 Å². The van der Waals surface area contributed by atoms with E-state index >= 15 is 0 Å². The second-order valence-electron chi connectivity index (χ2n) is 7.12. The second kappa shape index (κ2) is 10.1. The molecule has 160 valence electrons. The van der Waals surface area contributed by atoms with E-state index in [1.807, 2.05) is 13.8 Å². The molecule has 3 rings (SSSR count). The van der Waals surface area contributed by atoms with Gasteiger partial charge >= 0.3 is 0 Å². The molecule has 8 heteroatoms. The third kappa shape index (κ3) is 6.46. The maximum Gasteiger partial charge on any atom is 0.291 e. The molecule has 0 unspecified atom stereocenters. The molecule has 4 N–H and O–H groups in total. The normalized spacial score (nSPS) is 10.4. The first kappa shape index (κ1) is 21.6. The molecule has 0 saturated heterocycles. The number of hydrogen-bond acceptors (Lipinski definition) is 5. The maximum absolute atomic E-state index is 12.2. The van der Waals surface area contributed by atoms with Gasteiger partial charge in [0, 0.05) is 28.7 Å². The molecule has 31 heavy (non-hydrogen) atoms. The SMILES string of the molecule is CC(C)NC(=O)c1ccc(NC(=O)CNc2cccc(NC(=O)c3ccco3)c2)cc1. The standard InChI is InChI=1S/C23H24N4O4/c1-15(2)25-22(29)16-8-10-17(11-9-16)26-21(28)14-24-18-5-3-6-19(13-18)27-23(30)20-7-4-12-31-20/h3-13,15,24H,14H2,1-2H3,(H,25,29)(H,26,28)(H,27,30). The molecule has 3 amide bonds. The number of nitrogens with one attached hydrogen (secondary N) is 4. The van der Waals surface area contributed by atoms with Crippen molar-refractivity contribution in [2.24, 2.45) is 0 Å². The Morgan fingerprint density at radius 2 is 1.58 bits per heavy atom. The van der Waals surface area contributed by atoms with Crippen LogP contribution in [0.5, 0.6) is 0 Å². The molecular formula is C23H24N4O4. The Balaban J connectivity index is 1.50. The number of furan rings is 1. The van der Waals surface area contributed by atoms with Crippen molar-refractivity contribution in [3.63, 3.8) is 0 Å². The Hall–Kier alpha value is -4.07. The lowest BCUT2D eigenvalue weighted by Crippen LogP contribution is -2.30. The summed E-state index contributed by atoms with van der Waals surface area (Å²) in [6.45, 7) is 3.82. The van der Waals surface area contributed by atoms with E-state index in [0.717, 1.165) is 0 Å². The van der Waals surface area contributed by atoms with Crippen molar-refractivity contribution < 1.29 is 18.8 Å². The van der Waals surface area contributed by atoms with E-state index in [4.69, 9.17) is 4.42 Å². The average Bonchev–Trinajstić information content (AvgIpc) is 3.28. The minimum atomic E-state index is -0.356. The van der Waals surface area contributed by atoms with E-state index in [1.165, 1.54) is 6.26 Å². The van der Waals surface area contributed by atoms with Crippen molar-refractivity contribution in [2.45, 2.75) is 19.9 Å². The Bertz CT molecular complexity index is 1040. The minimum absolute atomic E-state index is 0.0329. The van der Waals surface area contributed by atoms with Crippen molar-refractivity contribution in [3.8, 4) is 0 Å². The number of carbonyl (C=O) groups excluding carboxylic acids is 3. The molecule has 0 fully saturated rings. The number of rotatable bonds is 8. The Kier molecular flexibility index (Phi) is 7.05. The fourth-order valence-electron chi connectivity index (χ4n) is 2.75. The van der Waals surface area contributed by atoms with Gasteiger partial charge in [-0.3, -0.25) is 14.4 Å². The highest BCUT2D eigenvalue weighted by Gasteiger charge is 2.10. The lowest BCUT2D eigenvalue weighted by molar-refractivity contribution is -0.114. The number of benzene rings is 2. The lowest BCUT2D eigenvalue weighted by atomic mass is 10.2. The van der Waals surface area contributed by atoms with Crippen molar-refractivity contribution in [1.29, 1.82) is 0 Å². The fraction of sp³-hybridized carbons (Fsp3) is 0.174. The van der Waals surface area contributed by atoms with Crippen LogP contribution in [-0.2, 0) is 4.79 Å². The van der Waals surface area contributed by atoms with Crippen molar-refractivity contribution in [3.05, 3.63) is 78.3 Å². The molecule has 0 radical (unpaired) electrons. The summed E-state index contributed by atoms with van der Waals surface area (Å²) in [6, 6.07) is 16.9. The predicted molar refractivity (Wildman–Crippen MR) is 119 cm³/mol. The van der Waals surface area contributed by atoms with Gasteiger partial charge in [0.05, 0.1) is 12.8 Å². The number of carbonyl (C=O) groups is 3. The number of amides is 3. The summed E-state index contributed by atoms with van der Waals surface area (Å²) in [4.78, 5) is 36.3. The van der Waals surface area contributed by atoms with Gasteiger partial charge in [0.15, 0.2) is 5.76 Å². The average molecular weight is 420 g/mol. The lowest BCUT2D eigenvalue weighted by Gasteiger charge is -2.11. The van der Waals surface area contributed by atoms with E-state index in [0.29, 0.717) is 22.6 Å². The summed E-state index contributed by atoms with van der Waals surface area (Å²) in [7, 11) is 0. The third-order valence-corrected chi connectivity index (χ3v) is 4.17. The summed E-state index contributed by atoms with van der Waals surface area (Å²) >= 11 is 0. The van der Waals surface area contributed by atoms with Gasteiger partial charge in [0.1, 0.15) is 0 Å². The highest BCUT2D eigenvalue weighted by atomic mass is 16.3. The van der Waals surface area contributed by atoms with Crippen LogP contribution in [0.15, 0.2) is 71.3 Å². The van der Waals surface area contributed by atoms with E-state index < -0.39 is 0 Å². The van der Waals surface area contributed by atoms with Gasteiger partial charge in [-0.25, -0.2) is 0 Å². The summed E-state index contributed by atoms with van der Waals surface area (Å²) < 4.78 is 5.07. The number of hydrogen-bond donors (Lipinski definition) is 4. The molecule has 0 atom stereocenters. The van der Waals surface area contributed by atoms with Crippen LogP contribution in [0, 0.1) is 0 Å². The zero-order valence-corrected chi connectivity index (χ0v) is 17.3. The molecule has 0 aliphatic heterocycles. The van der Waals surface area contributed by atoms with Crippen LogP contribution in [0.3, 0.4) is 0 Å². The molecule has 3 aromatic rings. The highest BCUT2D eigenvalue weighted by molar-refractivity contribution is 6.02. The van der Waals surface area contributed by atoms with Crippen molar-refractivity contribution >= 4 is 34.8 Å². The Morgan fingerprint density at radius 1 is 0.839 bits per heavy atom. The Morgan fingerprint density at radius 3 is 2.26 bits per heavy atom. The van der Waals surface area contributed by atoms with Gasteiger partial charge in [-0.05, 0) is 68.4 Å². The summed E-state index contributed by atoms with van der Waals surface area (Å²) in [6.07, 6.45) is 1.43. The van der Waals surface area contributed by atoms with E-state index in [2.05, 4.69) is 21.3 Å². The van der Waals surface area contributed by atoms with E-state index in [-0.39, 0.29) is 36.1 Å². The molecule has 2 aromatic carbocycles. The molecule has 0 spiro atoms. The monoisotopic (exact) mass is 420 g/mol. The highest BCUT2D eigenvalue weighted by Crippen LogP contribution is 2.16. The van der Waals surface area contributed by atoms with Gasteiger partial charge < -0.3 is 25.7 Å². The van der Waals surface area contributed by atoms with Gasteiger partial charge in [0.25, 0.3) is 11.8 Å². The number of anilines is 3. The molecule has 0 aliphatic rings. The van der Waals surface area contributed by atoms with E-state index in [1.54, 1.807) is 60.7 Å². The fourth-order valence-corrected chi connectivity index (χ4v) is 2.75. The minimum Gasteiger partial charge on any atom is -0.459 e. The van der Waals surface area contributed by atoms with Gasteiger partial charge in [0.2, 0.25) is 5.91 Å². The second-order valence-corrected chi connectivity index (χ2v) is 7.12. The smallest absolute Gasteiger partial charge is 0.291 e. The molecular weight excluding hydrogens is 396 g/mol. The molecule has 0 bridgehead atoms. The molecule has 0 saturated carbocycles. The molecule has 0 aliphatic carbocycles. The predicted octanol–water partition coefficient (Wildman–Crippen LogP) is 3.72. The van der Waals surface area contributed by atoms with Crippen LogP contribution in [0.4, 0.5) is 17.1 Å². The van der Waals surface area contributed by atoms with Crippen LogP contribution in [0.25, 0.3) is 0 Å². The van der Waals surface area contributed by atoms with Crippen LogP contribution < -0.4 is 21.3 Å². The molecule has 8 nitrogen and oxygen atoms in total. The van der Waals surface area contributed by atoms with Crippen molar-refractivity contribution in [1.82, 2.24) is 5.32 Å². The first-order valence-corrected chi connectivity index (χ1v) is 9.80. The largest absolute Gasteiger partial charge is 0.459 e. The van der Waals surface area contributed by atoms with Crippen LogP contribution in [0.2, 0.25) is 0 Å². The summed E-state index contributed by atoms with van der Waals surface area (Å²) in [5, 5.41) is 11.3. The summed E-state index contributed by atoms with van der Waals surface area (Å²) in [5.41, 5.74) is 2.36. The van der Waals surface area contributed by atoms with Gasteiger partial charge in [-0.1, -0.05) is 6.07 Å². The van der Waals surface area contributed by atoms with Crippen LogP contribution in [-0.4, -0.2) is 30.3 Å². The first-order valence-electron chi connectivity index (χ1n) is 9.80. The summed E-state index contributed by atoms with van der Waals surface area (Å²) in [5.74, 6) is -0.547. The maximum atomic E-state index is 12.2. The van der Waals surface area contributed by atoms with Gasteiger partial charge in [-0.2, -0.15) is 0 Å². The van der Waals surface area contributed by atoms with Crippen molar-refractivity contribution in [2.75, 3.05) is 22.5 Å². The quantitative estimate of drug-likeness (QED) is 0.444.